The lowest BCUT2D eigenvalue weighted by Crippen LogP contribution is -2.40. The lowest BCUT2D eigenvalue weighted by molar-refractivity contribution is -0.125. The summed E-state index contributed by atoms with van der Waals surface area (Å²) in [5.74, 6) is 0.511. The lowest BCUT2D eigenvalue weighted by Gasteiger charge is -2.27. The minimum Gasteiger partial charge on any atom is -0.463 e. The second kappa shape index (κ2) is 7.16. The second-order valence-corrected chi connectivity index (χ2v) is 7.88. The molecule has 3 aromatic heterocycles. The minimum atomic E-state index is -0.719. The topological polar surface area (TPSA) is 81.5 Å². The van der Waals surface area contributed by atoms with Crippen LogP contribution in [0.15, 0.2) is 51.9 Å². The second-order valence-electron chi connectivity index (χ2n) is 7.88. The number of carbonyl (C=O) groups is 1. The molecule has 1 amide bonds. The van der Waals surface area contributed by atoms with E-state index < -0.39 is 6.04 Å². The Morgan fingerprint density at radius 2 is 2.13 bits per heavy atom. The van der Waals surface area contributed by atoms with Crippen LogP contribution in [0.25, 0.3) is 16.6 Å². The lowest BCUT2D eigenvalue weighted by atomic mass is 9.87. The molecule has 0 radical (unpaired) electrons. The van der Waals surface area contributed by atoms with Crippen molar-refractivity contribution in [3.05, 3.63) is 70.0 Å². The zero-order valence-corrected chi connectivity index (χ0v) is 17.1. The van der Waals surface area contributed by atoms with E-state index in [2.05, 4.69) is 22.5 Å². The number of fused-ring (bicyclic) bond motifs is 4. The third-order valence-corrected chi connectivity index (χ3v) is 6.08. The van der Waals surface area contributed by atoms with E-state index in [1.165, 1.54) is 15.8 Å². The normalized spacial score (nSPS) is 17.2. The third-order valence-electron chi connectivity index (χ3n) is 6.08. The first-order valence-electron chi connectivity index (χ1n) is 10.5. The molecule has 0 spiro atoms. The zero-order valence-electron chi connectivity index (χ0n) is 17.1. The van der Waals surface area contributed by atoms with Crippen LogP contribution in [0, 0.1) is 0 Å². The van der Waals surface area contributed by atoms with Crippen LogP contribution >= 0.6 is 0 Å². The smallest absolute Gasteiger partial charge is 0.291 e. The molecule has 4 aromatic rings. The Morgan fingerprint density at radius 3 is 2.97 bits per heavy atom. The number of aromatic nitrogens is 3. The number of furan rings is 1. The molecule has 1 N–H and O–H groups in total. The van der Waals surface area contributed by atoms with Crippen molar-refractivity contribution in [2.45, 2.75) is 51.6 Å². The quantitative estimate of drug-likeness (QED) is 0.564. The summed E-state index contributed by atoms with van der Waals surface area (Å²) < 4.78 is 8.58. The first-order valence-corrected chi connectivity index (χ1v) is 10.5. The summed E-state index contributed by atoms with van der Waals surface area (Å²) in [5, 5.41) is 7.69. The van der Waals surface area contributed by atoms with Gasteiger partial charge in [-0.1, -0.05) is 31.2 Å². The molecule has 7 heteroatoms. The van der Waals surface area contributed by atoms with Gasteiger partial charge in [0.2, 0.25) is 5.91 Å². The predicted molar refractivity (Wildman–Crippen MR) is 114 cm³/mol. The molecule has 2 atom stereocenters. The molecule has 1 aliphatic rings. The number of nitrogens with one attached hydrogen (secondary N) is 1. The highest BCUT2D eigenvalue weighted by Crippen LogP contribution is 2.30. The number of hydrogen-bond donors (Lipinski definition) is 1. The predicted octanol–water partition coefficient (Wildman–Crippen LogP) is 3.56. The van der Waals surface area contributed by atoms with Crippen molar-refractivity contribution in [1.82, 2.24) is 19.5 Å². The molecule has 0 bridgehead atoms. The molecule has 7 nitrogen and oxygen atoms in total. The zero-order chi connectivity index (χ0) is 20.8. The van der Waals surface area contributed by atoms with Crippen molar-refractivity contribution < 1.29 is 9.21 Å². The maximum absolute atomic E-state index is 13.2. The highest BCUT2D eigenvalue weighted by molar-refractivity contribution is 5.83. The van der Waals surface area contributed by atoms with Gasteiger partial charge in [0.1, 0.15) is 17.4 Å². The average Bonchev–Trinajstić information content (AvgIpc) is 3.36. The van der Waals surface area contributed by atoms with Gasteiger partial charge in [-0.15, -0.1) is 0 Å². The van der Waals surface area contributed by atoms with Gasteiger partial charge >= 0.3 is 0 Å². The van der Waals surface area contributed by atoms with E-state index in [0.29, 0.717) is 23.3 Å². The van der Waals surface area contributed by atoms with Crippen LogP contribution in [0.2, 0.25) is 0 Å². The third kappa shape index (κ3) is 2.84. The maximum Gasteiger partial charge on any atom is 0.291 e. The minimum absolute atomic E-state index is 0.0365. The molecule has 1 aliphatic carbocycles. The van der Waals surface area contributed by atoms with Crippen LogP contribution in [-0.2, 0) is 17.6 Å². The Labute approximate surface area is 173 Å². The van der Waals surface area contributed by atoms with Crippen molar-refractivity contribution in [2.75, 3.05) is 0 Å². The molecule has 0 fully saturated rings. The van der Waals surface area contributed by atoms with Gasteiger partial charge in [-0.25, -0.2) is 4.68 Å². The molecule has 0 saturated carbocycles. The molecular formula is C23H24N4O3. The van der Waals surface area contributed by atoms with E-state index in [9.17, 15) is 9.59 Å². The standard InChI is InChI=1S/C23H24N4O3/c1-3-21-25-27(23(29)19-13-20-18(26(19)21)11-12-30-20)14(2)22(28)24-17-10-6-8-15-7-4-5-9-16(15)17/h4-5,7,9,11-14,17H,3,6,8,10H2,1-2H3,(H,24,28). The maximum atomic E-state index is 13.2. The number of rotatable bonds is 4. The summed E-state index contributed by atoms with van der Waals surface area (Å²) in [5.41, 5.74) is 4.07. The molecule has 2 unspecified atom stereocenters. The van der Waals surface area contributed by atoms with Crippen LogP contribution in [0.4, 0.5) is 0 Å². The van der Waals surface area contributed by atoms with Gasteiger partial charge in [0, 0.05) is 18.6 Å². The van der Waals surface area contributed by atoms with Gasteiger partial charge < -0.3 is 9.73 Å². The van der Waals surface area contributed by atoms with Crippen molar-refractivity contribution in [1.29, 1.82) is 0 Å². The van der Waals surface area contributed by atoms with Crippen LogP contribution in [0.1, 0.15) is 55.7 Å². The Hall–Kier alpha value is -3.35. The van der Waals surface area contributed by atoms with Gasteiger partial charge in [0.25, 0.3) is 5.56 Å². The number of hydrogen-bond acceptors (Lipinski definition) is 4. The molecule has 3 heterocycles. The van der Waals surface area contributed by atoms with Crippen molar-refractivity contribution >= 4 is 22.5 Å². The van der Waals surface area contributed by atoms with E-state index in [1.54, 1.807) is 19.3 Å². The Balaban J connectivity index is 1.50. The highest BCUT2D eigenvalue weighted by atomic mass is 16.3. The van der Waals surface area contributed by atoms with Crippen LogP contribution < -0.4 is 10.9 Å². The monoisotopic (exact) mass is 404 g/mol. The number of carbonyl (C=O) groups excluding carboxylic acids is 1. The fourth-order valence-corrected chi connectivity index (χ4v) is 4.49. The van der Waals surface area contributed by atoms with Gasteiger partial charge in [0.05, 0.1) is 17.8 Å². The summed E-state index contributed by atoms with van der Waals surface area (Å²) in [6, 6.07) is 11.0. The van der Waals surface area contributed by atoms with Crippen molar-refractivity contribution in [2.24, 2.45) is 0 Å². The Kier molecular flexibility index (Phi) is 4.46. The number of benzene rings is 1. The molecule has 154 valence electrons. The van der Waals surface area contributed by atoms with Gasteiger partial charge in [-0.2, -0.15) is 5.10 Å². The summed E-state index contributed by atoms with van der Waals surface area (Å²) in [4.78, 5) is 26.3. The molecule has 1 aromatic carbocycles. The van der Waals surface area contributed by atoms with Gasteiger partial charge in [-0.05, 0) is 37.3 Å². The van der Waals surface area contributed by atoms with Crippen LogP contribution in [0.3, 0.4) is 0 Å². The largest absolute Gasteiger partial charge is 0.463 e. The number of amides is 1. The van der Waals surface area contributed by atoms with Crippen LogP contribution in [0.5, 0.6) is 0 Å². The molecule has 30 heavy (non-hydrogen) atoms. The number of nitrogens with zero attached hydrogens (tertiary/aromatic N) is 3. The Morgan fingerprint density at radius 1 is 1.30 bits per heavy atom. The van der Waals surface area contributed by atoms with E-state index in [0.717, 1.165) is 24.8 Å². The fourth-order valence-electron chi connectivity index (χ4n) is 4.49. The summed E-state index contributed by atoms with van der Waals surface area (Å²) in [7, 11) is 0. The fraction of sp³-hybridized carbons (Fsp3) is 0.348. The summed E-state index contributed by atoms with van der Waals surface area (Å²) in [6.07, 6.45) is 5.18. The average molecular weight is 404 g/mol. The van der Waals surface area contributed by atoms with E-state index in [4.69, 9.17) is 4.42 Å². The van der Waals surface area contributed by atoms with Crippen molar-refractivity contribution in [3.63, 3.8) is 0 Å². The molecule has 5 rings (SSSR count). The first kappa shape index (κ1) is 18.7. The van der Waals surface area contributed by atoms with E-state index >= 15 is 0 Å². The van der Waals surface area contributed by atoms with E-state index in [-0.39, 0.29) is 17.5 Å². The SMILES string of the molecule is CCc1nn(C(C)C(=O)NC2CCCc3ccccc32)c(=O)c2cc3occc3n12. The highest BCUT2D eigenvalue weighted by Gasteiger charge is 2.26. The summed E-state index contributed by atoms with van der Waals surface area (Å²) in [6.45, 7) is 3.70. The van der Waals surface area contributed by atoms with Crippen LogP contribution in [-0.4, -0.2) is 20.1 Å². The number of aryl methyl sites for hydroxylation is 2. The molecule has 0 saturated heterocycles. The van der Waals surface area contributed by atoms with Gasteiger partial charge in [-0.3, -0.25) is 14.0 Å². The van der Waals surface area contributed by atoms with E-state index in [1.807, 2.05) is 29.5 Å². The van der Waals surface area contributed by atoms with Gasteiger partial charge in [0.15, 0.2) is 5.58 Å². The summed E-state index contributed by atoms with van der Waals surface area (Å²) >= 11 is 0. The first-order chi connectivity index (χ1) is 14.6. The molecule has 0 aliphatic heterocycles. The van der Waals surface area contributed by atoms with Crippen molar-refractivity contribution in [3.8, 4) is 0 Å². The molecular weight excluding hydrogens is 380 g/mol. The Bertz CT molecular complexity index is 1310.